The van der Waals surface area contributed by atoms with Crippen molar-refractivity contribution >= 4 is 11.6 Å². The first kappa shape index (κ1) is 10.6. The molecule has 0 fully saturated rings. The first-order valence-corrected chi connectivity index (χ1v) is 5.33. The van der Waals surface area contributed by atoms with Gasteiger partial charge in [0.1, 0.15) is 0 Å². The van der Waals surface area contributed by atoms with E-state index in [1.54, 1.807) is 0 Å². The molecule has 74 valence electrons. The summed E-state index contributed by atoms with van der Waals surface area (Å²) in [6.07, 6.45) is 2.06. The van der Waals surface area contributed by atoms with E-state index >= 15 is 0 Å². The number of hydrogen-bond acceptors (Lipinski definition) is 1. The Hall–Kier alpha value is -0.500. The van der Waals surface area contributed by atoms with Gasteiger partial charge in [0, 0.05) is 18.1 Å². The average Bonchev–Trinajstić information content (AvgIpc) is 2.38. The molecule has 0 N–H and O–H groups in total. The lowest BCUT2D eigenvalue weighted by molar-refractivity contribution is 0.584. The predicted octanol–water partition coefficient (Wildman–Crippen LogP) is 2.69. The van der Waals surface area contributed by atoms with E-state index in [1.165, 1.54) is 11.3 Å². The number of alkyl halides is 1. The number of halogens is 1. The molecule has 1 rings (SSSR count). The molecule has 0 unspecified atom stereocenters. The fourth-order valence-corrected chi connectivity index (χ4v) is 1.79. The summed E-state index contributed by atoms with van der Waals surface area (Å²) < 4.78 is 2.07. The van der Waals surface area contributed by atoms with E-state index < -0.39 is 0 Å². The van der Waals surface area contributed by atoms with Crippen LogP contribution in [0.2, 0.25) is 0 Å². The quantitative estimate of drug-likeness (QED) is 0.684. The summed E-state index contributed by atoms with van der Waals surface area (Å²) in [5.41, 5.74) is 3.84. The molecular formula is C10H17ClN2. The summed E-state index contributed by atoms with van der Waals surface area (Å²) in [5.74, 6) is 0.708. The highest BCUT2D eigenvalue weighted by atomic mass is 35.5. The second-order valence-electron chi connectivity index (χ2n) is 3.27. The van der Waals surface area contributed by atoms with Crippen LogP contribution in [0.15, 0.2) is 0 Å². The molecule has 0 atom stereocenters. The van der Waals surface area contributed by atoms with Gasteiger partial charge in [-0.15, -0.1) is 11.6 Å². The van der Waals surface area contributed by atoms with E-state index in [1.807, 2.05) is 0 Å². The van der Waals surface area contributed by atoms with Crippen LogP contribution in [0.5, 0.6) is 0 Å². The standard InChI is InChI=1S/C10H17ClN2/c1-4-10-8(2)12-13(9(10)3)7-5-6-11/h4-7H2,1-3H3. The van der Waals surface area contributed by atoms with Gasteiger partial charge in [-0.1, -0.05) is 6.92 Å². The van der Waals surface area contributed by atoms with Gasteiger partial charge in [-0.2, -0.15) is 5.10 Å². The lowest BCUT2D eigenvalue weighted by Crippen LogP contribution is -2.03. The minimum Gasteiger partial charge on any atom is -0.269 e. The topological polar surface area (TPSA) is 17.8 Å². The zero-order valence-electron chi connectivity index (χ0n) is 8.60. The van der Waals surface area contributed by atoms with Crippen molar-refractivity contribution in [1.82, 2.24) is 9.78 Å². The van der Waals surface area contributed by atoms with E-state index in [0.717, 1.165) is 25.1 Å². The monoisotopic (exact) mass is 200 g/mol. The Morgan fingerprint density at radius 2 is 2.08 bits per heavy atom. The molecule has 3 heteroatoms. The number of rotatable bonds is 4. The van der Waals surface area contributed by atoms with Crippen molar-refractivity contribution in [2.75, 3.05) is 5.88 Å². The largest absolute Gasteiger partial charge is 0.269 e. The first-order chi connectivity index (χ1) is 6.20. The highest BCUT2D eigenvalue weighted by Gasteiger charge is 2.08. The zero-order valence-corrected chi connectivity index (χ0v) is 9.36. The van der Waals surface area contributed by atoms with Gasteiger partial charge >= 0.3 is 0 Å². The minimum absolute atomic E-state index is 0.708. The molecule has 0 saturated carbocycles. The average molecular weight is 201 g/mol. The number of nitrogens with zero attached hydrogens (tertiary/aromatic N) is 2. The normalized spacial score (nSPS) is 10.8. The number of aromatic nitrogens is 2. The molecule has 2 nitrogen and oxygen atoms in total. The number of aryl methyl sites for hydroxylation is 2. The maximum Gasteiger partial charge on any atom is 0.0628 e. The molecule has 0 aliphatic carbocycles. The first-order valence-electron chi connectivity index (χ1n) is 4.79. The molecule has 0 aromatic carbocycles. The Kier molecular flexibility index (Phi) is 3.79. The van der Waals surface area contributed by atoms with Crippen LogP contribution in [0.3, 0.4) is 0 Å². The highest BCUT2D eigenvalue weighted by Crippen LogP contribution is 2.13. The predicted molar refractivity (Wildman–Crippen MR) is 56.4 cm³/mol. The maximum absolute atomic E-state index is 5.64. The molecule has 0 radical (unpaired) electrons. The van der Waals surface area contributed by atoms with Crippen molar-refractivity contribution in [1.29, 1.82) is 0 Å². The smallest absolute Gasteiger partial charge is 0.0628 e. The van der Waals surface area contributed by atoms with Gasteiger partial charge < -0.3 is 0 Å². The molecule has 0 bridgehead atoms. The molecule has 0 aliphatic rings. The third-order valence-corrected chi connectivity index (χ3v) is 2.66. The van der Waals surface area contributed by atoms with Crippen LogP contribution in [0.4, 0.5) is 0 Å². The van der Waals surface area contributed by atoms with Crippen LogP contribution >= 0.6 is 11.6 Å². The summed E-state index contributed by atoms with van der Waals surface area (Å²) >= 11 is 5.64. The van der Waals surface area contributed by atoms with Crippen LogP contribution in [-0.4, -0.2) is 15.7 Å². The van der Waals surface area contributed by atoms with Crippen molar-refractivity contribution in [3.8, 4) is 0 Å². The Labute approximate surface area is 84.9 Å². The van der Waals surface area contributed by atoms with Crippen LogP contribution < -0.4 is 0 Å². The van der Waals surface area contributed by atoms with Gasteiger partial charge in [0.25, 0.3) is 0 Å². The molecular weight excluding hydrogens is 184 g/mol. The van der Waals surface area contributed by atoms with Crippen LogP contribution in [0.1, 0.15) is 30.3 Å². The summed E-state index contributed by atoms with van der Waals surface area (Å²) in [7, 11) is 0. The van der Waals surface area contributed by atoms with Crippen molar-refractivity contribution in [2.45, 2.75) is 40.2 Å². The summed E-state index contributed by atoms with van der Waals surface area (Å²) in [6.45, 7) is 7.31. The lowest BCUT2D eigenvalue weighted by atomic mass is 10.1. The van der Waals surface area contributed by atoms with E-state index in [2.05, 4.69) is 30.6 Å². The zero-order chi connectivity index (χ0) is 9.84. The SMILES string of the molecule is CCc1c(C)nn(CCCCl)c1C. The van der Waals surface area contributed by atoms with Gasteiger partial charge in [-0.25, -0.2) is 0 Å². The molecule has 13 heavy (non-hydrogen) atoms. The Morgan fingerprint density at radius 3 is 2.54 bits per heavy atom. The fraction of sp³-hybridized carbons (Fsp3) is 0.700. The summed E-state index contributed by atoms with van der Waals surface area (Å²) in [6, 6.07) is 0. The third-order valence-electron chi connectivity index (χ3n) is 2.39. The molecule has 0 saturated heterocycles. The molecule has 1 heterocycles. The lowest BCUT2D eigenvalue weighted by Gasteiger charge is -2.02. The maximum atomic E-state index is 5.64. The van der Waals surface area contributed by atoms with Crippen molar-refractivity contribution < 1.29 is 0 Å². The molecule has 0 amide bonds. The second-order valence-corrected chi connectivity index (χ2v) is 3.65. The minimum atomic E-state index is 0.708. The van der Waals surface area contributed by atoms with E-state index in [-0.39, 0.29) is 0 Å². The van der Waals surface area contributed by atoms with E-state index in [4.69, 9.17) is 11.6 Å². The molecule has 0 spiro atoms. The van der Waals surface area contributed by atoms with Crippen LogP contribution in [0.25, 0.3) is 0 Å². The van der Waals surface area contributed by atoms with E-state index in [9.17, 15) is 0 Å². The summed E-state index contributed by atoms with van der Waals surface area (Å²) in [5, 5.41) is 4.48. The molecule has 0 aliphatic heterocycles. The van der Waals surface area contributed by atoms with Crippen LogP contribution in [0, 0.1) is 13.8 Å². The second kappa shape index (κ2) is 4.66. The number of hydrogen-bond donors (Lipinski definition) is 0. The van der Waals surface area contributed by atoms with Crippen molar-refractivity contribution in [3.63, 3.8) is 0 Å². The van der Waals surface area contributed by atoms with Gasteiger partial charge in [-0.3, -0.25) is 4.68 Å². The van der Waals surface area contributed by atoms with Crippen molar-refractivity contribution in [3.05, 3.63) is 17.0 Å². The van der Waals surface area contributed by atoms with Gasteiger partial charge in [0.15, 0.2) is 0 Å². The Bertz CT molecular complexity index is 279. The third kappa shape index (κ3) is 2.25. The van der Waals surface area contributed by atoms with Gasteiger partial charge in [-0.05, 0) is 32.3 Å². The fourth-order valence-electron chi connectivity index (χ4n) is 1.67. The highest BCUT2D eigenvalue weighted by molar-refractivity contribution is 6.17. The van der Waals surface area contributed by atoms with E-state index in [0.29, 0.717) is 5.88 Å². The van der Waals surface area contributed by atoms with Gasteiger partial charge in [0.05, 0.1) is 5.69 Å². The molecule has 1 aromatic heterocycles. The summed E-state index contributed by atoms with van der Waals surface area (Å²) in [4.78, 5) is 0. The Balaban J connectivity index is 2.83. The Morgan fingerprint density at radius 1 is 1.38 bits per heavy atom. The molecule has 1 aromatic rings. The van der Waals surface area contributed by atoms with Crippen LogP contribution in [-0.2, 0) is 13.0 Å². The van der Waals surface area contributed by atoms with Crippen molar-refractivity contribution in [2.24, 2.45) is 0 Å². The van der Waals surface area contributed by atoms with Gasteiger partial charge in [0.2, 0.25) is 0 Å².